The molecule has 3 saturated carbocycles. The topological polar surface area (TPSA) is 295 Å². The maximum Gasteiger partial charge on any atom is 0.187 e. The smallest absolute Gasteiger partial charge is 0.187 e. The lowest BCUT2D eigenvalue weighted by atomic mass is 9.38. The summed E-state index contributed by atoms with van der Waals surface area (Å²) >= 11 is 0. The molecule has 0 bridgehead atoms. The molecule has 0 unspecified atom stereocenters. The molecular formula is C48H78O18. The summed E-state index contributed by atoms with van der Waals surface area (Å²) in [6.07, 6.45) is -11.5. The summed E-state index contributed by atoms with van der Waals surface area (Å²) in [7, 11) is 0. The molecule has 18 heteroatoms. The van der Waals surface area contributed by atoms with E-state index in [-0.39, 0.29) is 29.3 Å². The lowest BCUT2D eigenvalue weighted by Gasteiger charge is -2.65. The molecule has 66 heavy (non-hydrogen) atoms. The van der Waals surface area contributed by atoms with Crippen LogP contribution in [0.3, 0.4) is 0 Å². The Morgan fingerprint density at radius 3 is 1.88 bits per heavy atom. The van der Waals surface area contributed by atoms with Crippen LogP contribution in [0.4, 0.5) is 0 Å². The molecule has 0 spiro atoms. The molecule has 0 amide bonds. The Morgan fingerprint density at radius 2 is 1.27 bits per heavy atom. The standard InChI is InChI=1S/C48H78O18/c1-22(20-61-42-40(59)38(57)35(54)29(65-42)21-62-43-39(58)36(55)33(52)27(18-49)63-43)9-8-10-23(2)24-15-16-46(5)30-13-11-25-26(48(30,7)31(51)17-47(24,46)6)12-14-32(45(25,3)4)66-44-41(60)37(56)34(53)28(19-50)64-44/h9,11,23-24,26-30,32-44,49-50,52-60H,8,10,12-21H2,1-7H3/b22-9+/t23-,24-,26-,27-,28-,29-,30+,32+,33-,34-,35-,36+,37+,38+,39-,40-,41-,42-,43-,44-,46+,47-,48+/m1/s1. The van der Waals surface area contributed by atoms with E-state index in [9.17, 15) is 61.0 Å². The SMILES string of the molecule is C/C(=C\CC[C@@H](C)[C@H]1CC[C@@]2(C)[C@@H]3CC=C4[C@@H](CC[C@H](O[C@H]5O[C@H](CO)[C@@H](O)[C@H](O)[C@H]5O)C4(C)C)[C@]3(C)C(=O)C[C@]12C)CO[C@@H]1O[C@H](CO[C@@H]2O[C@H](CO)[C@@H](O)[C@H](O)[C@H]2O)[C@@H](O)[C@H](O)[C@H]1O. The fraction of sp³-hybridized carbons (Fsp3) is 0.896. The van der Waals surface area contributed by atoms with Crippen molar-refractivity contribution in [3.63, 3.8) is 0 Å². The van der Waals surface area contributed by atoms with Crippen LogP contribution in [0.5, 0.6) is 0 Å². The van der Waals surface area contributed by atoms with Gasteiger partial charge in [0.2, 0.25) is 0 Å². The molecule has 0 aromatic heterocycles. The van der Waals surface area contributed by atoms with E-state index < -0.39 is 129 Å². The molecule has 3 heterocycles. The number of aliphatic hydroxyl groups excluding tert-OH is 11. The Balaban J connectivity index is 0.945. The van der Waals surface area contributed by atoms with Gasteiger partial charge < -0.3 is 84.6 Å². The second-order valence-corrected chi connectivity index (χ2v) is 21.9. The molecule has 4 aliphatic carbocycles. The molecule has 3 aliphatic heterocycles. The van der Waals surface area contributed by atoms with Gasteiger partial charge in [-0.3, -0.25) is 4.79 Å². The van der Waals surface area contributed by atoms with Gasteiger partial charge in [-0.25, -0.2) is 0 Å². The number of allylic oxidation sites excluding steroid dienone is 2. The van der Waals surface area contributed by atoms with Crippen LogP contribution in [-0.4, -0.2) is 187 Å². The highest BCUT2D eigenvalue weighted by Gasteiger charge is 2.70. The van der Waals surface area contributed by atoms with Crippen molar-refractivity contribution in [2.45, 2.75) is 198 Å². The molecule has 0 aromatic carbocycles. The third-order valence-electron chi connectivity index (χ3n) is 18.0. The second-order valence-electron chi connectivity index (χ2n) is 21.9. The van der Waals surface area contributed by atoms with Gasteiger partial charge in [0.25, 0.3) is 0 Å². The monoisotopic (exact) mass is 943 g/mol. The molecule has 3 saturated heterocycles. The number of ketones is 1. The van der Waals surface area contributed by atoms with Gasteiger partial charge in [0.05, 0.1) is 32.5 Å². The van der Waals surface area contributed by atoms with E-state index in [4.69, 9.17) is 28.4 Å². The number of carbonyl (C=O) groups excluding carboxylic acids is 1. The molecule has 23 atom stereocenters. The molecule has 7 rings (SSSR count). The number of fused-ring (bicyclic) bond motifs is 5. The average Bonchev–Trinajstić information content (AvgIpc) is 3.55. The van der Waals surface area contributed by atoms with Crippen molar-refractivity contribution in [3.05, 3.63) is 23.3 Å². The molecule has 18 nitrogen and oxygen atoms in total. The van der Waals surface area contributed by atoms with Gasteiger partial charge in [0.15, 0.2) is 18.9 Å². The maximum absolute atomic E-state index is 14.9. The zero-order valence-corrected chi connectivity index (χ0v) is 39.5. The minimum absolute atomic E-state index is 0.0192. The van der Waals surface area contributed by atoms with Crippen molar-refractivity contribution in [3.8, 4) is 0 Å². The van der Waals surface area contributed by atoms with Gasteiger partial charge in [-0.2, -0.15) is 0 Å². The van der Waals surface area contributed by atoms with E-state index in [0.29, 0.717) is 36.9 Å². The summed E-state index contributed by atoms with van der Waals surface area (Å²) in [4.78, 5) is 14.9. The third-order valence-corrected chi connectivity index (χ3v) is 18.0. The van der Waals surface area contributed by atoms with Crippen molar-refractivity contribution >= 4 is 5.78 Å². The van der Waals surface area contributed by atoms with E-state index in [2.05, 4.69) is 53.7 Å². The fourth-order valence-corrected chi connectivity index (χ4v) is 13.6. The first-order valence-corrected chi connectivity index (χ1v) is 24.1. The highest BCUT2D eigenvalue weighted by atomic mass is 16.7. The van der Waals surface area contributed by atoms with Crippen molar-refractivity contribution in [1.29, 1.82) is 0 Å². The Labute approximate surface area is 387 Å². The van der Waals surface area contributed by atoms with Crippen molar-refractivity contribution < 1.29 is 89.4 Å². The van der Waals surface area contributed by atoms with E-state index in [1.807, 2.05) is 6.92 Å². The number of carbonyl (C=O) groups is 1. The third kappa shape index (κ3) is 8.94. The zero-order valence-electron chi connectivity index (χ0n) is 39.5. The predicted octanol–water partition coefficient (Wildman–Crippen LogP) is -0.0410. The second kappa shape index (κ2) is 19.9. The van der Waals surface area contributed by atoms with Crippen LogP contribution in [0.15, 0.2) is 23.3 Å². The Kier molecular flexibility index (Phi) is 15.8. The highest BCUT2D eigenvalue weighted by Crippen LogP contribution is 2.74. The van der Waals surface area contributed by atoms with Crippen molar-refractivity contribution in [2.75, 3.05) is 26.4 Å². The van der Waals surface area contributed by atoms with Crippen LogP contribution in [0, 0.1) is 45.3 Å². The molecule has 0 radical (unpaired) electrons. The summed E-state index contributed by atoms with van der Waals surface area (Å²) < 4.78 is 34.7. The molecule has 11 N–H and O–H groups in total. The van der Waals surface area contributed by atoms with Crippen LogP contribution < -0.4 is 0 Å². The summed E-state index contributed by atoms with van der Waals surface area (Å²) in [5, 5.41) is 113. The zero-order chi connectivity index (χ0) is 48.4. The first-order valence-electron chi connectivity index (χ1n) is 24.1. The highest BCUT2D eigenvalue weighted by molar-refractivity contribution is 5.88. The normalized spacial score (nSPS) is 50.0. The lowest BCUT2D eigenvalue weighted by Crippen LogP contribution is -2.64. The van der Waals surface area contributed by atoms with Gasteiger partial charge in [-0.05, 0) is 86.4 Å². The molecular weight excluding hydrogens is 865 g/mol. The predicted molar refractivity (Wildman–Crippen MR) is 233 cm³/mol. The molecule has 0 aromatic rings. The van der Waals surface area contributed by atoms with E-state index in [0.717, 1.165) is 37.7 Å². The summed E-state index contributed by atoms with van der Waals surface area (Å²) in [6.45, 7) is 13.7. The lowest BCUT2D eigenvalue weighted by molar-refractivity contribution is -0.330. The first-order chi connectivity index (χ1) is 31.0. The molecule has 378 valence electrons. The number of rotatable bonds is 14. The number of Topliss-reactive ketones (excluding diaryl/α,β-unsaturated/α-hetero) is 1. The minimum atomic E-state index is -1.67. The molecule has 7 aliphatic rings. The van der Waals surface area contributed by atoms with Crippen LogP contribution in [0.25, 0.3) is 0 Å². The molecule has 6 fully saturated rings. The van der Waals surface area contributed by atoms with Crippen LogP contribution in [0.2, 0.25) is 0 Å². The van der Waals surface area contributed by atoms with E-state index in [1.165, 1.54) is 5.57 Å². The van der Waals surface area contributed by atoms with Crippen LogP contribution >= 0.6 is 0 Å². The number of hydrogen-bond acceptors (Lipinski definition) is 18. The van der Waals surface area contributed by atoms with Crippen molar-refractivity contribution in [2.24, 2.45) is 45.3 Å². The minimum Gasteiger partial charge on any atom is -0.394 e. The van der Waals surface area contributed by atoms with Crippen molar-refractivity contribution in [1.82, 2.24) is 0 Å². The summed E-state index contributed by atoms with van der Waals surface area (Å²) in [5.74, 6) is 1.12. The quantitative estimate of drug-likeness (QED) is 0.102. The largest absolute Gasteiger partial charge is 0.394 e. The van der Waals surface area contributed by atoms with E-state index >= 15 is 0 Å². The van der Waals surface area contributed by atoms with Gasteiger partial charge in [0, 0.05) is 17.3 Å². The fourth-order valence-electron chi connectivity index (χ4n) is 13.6. The van der Waals surface area contributed by atoms with Gasteiger partial charge in [0.1, 0.15) is 79.0 Å². The van der Waals surface area contributed by atoms with Crippen LogP contribution in [-0.2, 0) is 33.2 Å². The number of aliphatic hydroxyl groups is 11. The maximum atomic E-state index is 14.9. The number of hydrogen-bond donors (Lipinski definition) is 11. The Bertz CT molecular complexity index is 1760. The summed E-state index contributed by atoms with van der Waals surface area (Å²) in [6, 6.07) is 0. The van der Waals surface area contributed by atoms with Gasteiger partial charge >= 0.3 is 0 Å². The first kappa shape index (κ1) is 52.3. The van der Waals surface area contributed by atoms with E-state index in [1.54, 1.807) is 0 Å². The number of ether oxygens (including phenoxy) is 6. The Hall–Kier alpha value is -1.53. The van der Waals surface area contributed by atoms with Crippen LogP contribution in [0.1, 0.15) is 99.8 Å². The summed E-state index contributed by atoms with van der Waals surface area (Å²) in [5.41, 5.74) is 0.660. The average molecular weight is 943 g/mol. The van der Waals surface area contributed by atoms with Gasteiger partial charge in [-0.1, -0.05) is 64.8 Å². The Morgan fingerprint density at radius 1 is 0.727 bits per heavy atom. The van der Waals surface area contributed by atoms with Gasteiger partial charge in [-0.15, -0.1) is 0 Å².